The molecule has 0 unspecified atom stereocenters. The standard InChI is InChI=1S/C11H23NO/c1-9(2)6-7-11(13)12(5)8-10(3)4/h9-10H,6-8H2,1-5H3. The van der Waals surface area contributed by atoms with E-state index in [-0.39, 0.29) is 5.91 Å². The van der Waals surface area contributed by atoms with Crippen molar-refractivity contribution in [1.29, 1.82) is 0 Å². The van der Waals surface area contributed by atoms with Crippen LogP contribution in [0.2, 0.25) is 0 Å². The summed E-state index contributed by atoms with van der Waals surface area (Å²) in [6.45, 7) is 9.43. The number of carbonyl (C=O) groups is 1. The van der Waals surface area contributed by atoms with Gasteiger partial charge in [-0.25, -0.2) is 0 Å². The Morgan fingerprint density at radius 2 is 1.69 bits per heavy atom. The number of amides is 1. The van der Waals surface area contributed by atoms with Gasteiger partial charge in [0.15, 0.2) is 0 Å². The average Bonchev–Trinajstić information content (AvgIpc) is 1.98. The van der Waals surface area contributed by atoms with Crippen molar-refractivity contribution in [3.05, 3.63) is 0 Å². The van der Waals surface area contributed by atoms with Crippen molar-refractivity contribution in [2.75, 3.05) is 13.6 Å². The third-order valence-electron chi connectivity index (χ3n) is 2.00. The molecule has 0 saturated heterocycles. The number of rotatable bonds is 5. The highest BCUT2D eigenvalue weighted by Gasteiger charge is 2.10. The molecule has 0 aromatic rings. The van der Waals surface area contributed by atoms with Gasteiger partial charge in [0.05, 0.1) is 0 Å². The van der Waals surface area contributed by atoms with Crippen LogP contribution in [0.25, 0.3) is 0 Å². The molecule has 0 saturated carbocycles. The zero-order chi connectivity index (χ0) is 10.4. The number of carbonyl (C=O) groups excluding carboxylic acids is 1. The predicted octanol–water partition coefficient (Wildman–Crippen LogP) is 2.54. The highest BCUT2D eigenvalue weighted by atomic mass is 16.2. The Morgan fingerprint density at radius 1 is 1.15 bits per heavy atom. The SMILES string of the molecule is CC(C)CCC(=O)N(C)CC(C)C. The van der Waals surface area contributed by atoms with Crippen molar-refractivity contribution in [2.24, 2.45) is 11.8 Å². The van der Waals surface area contributed by atoms with Gasteiger partial charge in [0, 0.05) is 20.0 Å². The molecule has 0 aromatic carbocycles. The zero-order valence-electron chi connectivity index (χ0n) is 9.63. The normalized spacial score (nSPS) is 11.0. The minimum Gasteiger partial charge on any atom is -0.346 e. The topological polar surface area (TPSA) is 20.3 Å². The summed E-state index contributed by atoms with van der Waals surface area (Å²) >= 11 is 0. The zero-order valence-corrected chi connectivity index (χ0v) is 9.63. The van der Waals surface area contributed by atoms with E-state index in [0.717, 1.165) is 13.0 Å². The largest absolute Gasteiger partial charge is 0.346 e. The van der Waals surface area contributed by atoms with Crippen LogP contribution in [-0.4, -0.2) is 24.4 Å². The van der Waals surface area contributed by atoms with Crippen molar-refractivity contribution >= 4 is 5.91 Å². The van der Waals surface area contributed by atoms with Crippen molar-refractivity contribution in [3.8, 4) is 0 Å². The lowest BCUT2D eigenvalue weighted by Crippen LogP contribution is -2.30. The molecule has 0 N–H and O–H groups in total. The molecule has 13 heavy (non-hydrogen) atoms. The van der Waals surface area contributed by atoms with Gasteiger partial charge in [-0.15, -0.1) is 0 Å². The first kappa shape index (κ1) is 12.5. The van der Waals surface area contributed by atoms with Gasteiger partial charge < -0.3 is 4.90 Å². The van der Waals surface area contributed by atoms with Crippen molar-refractivity contribution in [3.63, 3.8) is 0 Å². The molecule has 78 valence electrons. The van der Waals surface area contributed by atoms with Crippen LogP contribution in [0.5, 0.6) is 0 Å². The molecule has 0 aliphatic rings. The molecule has 0 atom stereocenters. The Kier molecular flexibility index (Phi) is 5.76. The van der Waals surface area contributed by atoms with Gasteiger partial charge >= 0.3 is 0 Å². The molecule has 0 aliphatic heterocycles. The third kappa shape index (κ3) is 6.62. The number of hydrogen-bond acceptors (Lipinski definition) is 1. The minimum absolute atomic E-state index is 0.280. The first-order valence-electron chi connectivity index (χ1n) is 5.17. The molecule has 0 radical (unpaired) electrons. The second-order valence-electron chi connectivity index (χ2n) is 4.60. The molecule has 0 fully saturated rings. The van der Waals surface area contributed by atoms with Gasteiger partial charge in [0.2, 0.25) is 5.91 Å². The van der Waals surface area contributed by atoms with E-state index in [1.807, 2.05) is 11.9 Å². The predicted molar refractivity (Wildman–Crippen MR) is 56.5 cm³/mol. The molecule has 0 spiro atoms. The molecule has 0 rings (SSSR count). The summed E-state index contributed by atoms with van der Waals surface area (Å²) in [7, 11) is 1.89. The number of nitrogens with zero attached hydrogens (tertiary/aromatic N) is 1. The Morgan fingerprint density at radius 3 is 2.08 bits per heavy atom. The van der Waals surface area contributed by atoms with E-state index in [0.29, 0.717) is 18.3 Å². The summed E-state index contributed by atoms with van der Waals surface area (Å²) < 4.78 is 0. The molecule has 0 bridgehead atoms. The summed E-state index contributed by atoms with van der Waals surface area (Å²) in [6, 6.07) is 0. The molecule has 2 nitrogen and oxygen atoms in total. The van der Waals surface area contributed by atoms with Crippen LogP contribution in [0.3, 0.4) is 0 Å². The van der Waals surface area contributed by atoms with Gasteiger partial charge in [-0.2, -0.15) is 0 Å². The van der Waals surface area contributed by atoms with Crippen LogP contribution in [0.1, 0.15) is 40.5 Å². The molecule has 0 heterocycles. The van der Waals surface area contributed by atoms with Crippen LogP contribution in [0.15, 0.2) is 0 Å². The van der Waals surface area contributed by atoms with Crippen molar-refractivity contribution in [1.82, 2.24) is 4.90 Å². The van der Waals surface area contributed by atoms with E-state index in [1.54, 1.807) is 0 Å². The lowest BCUT2D eigenvalue weighted by molar-refractivity contribution is -0.130. The van der Waals surface area contributed by atoms with Gasteiger partial charge in [-0.1, -0.05) is 27.7 Å². The first-order valence-corrected chi connectivity index (χ1v) is 5.17. The molecule has 2 heteroatoms. The summed E-state index contributed by atoms with van der Waals surface area (Å²) in [6.07, 6.45) is 1.70. The van der Waals surface area contributed by atoms with E-state index in [2.05, 4.69) is 27.7 Å². The molecule has 0 aromatic heterocycles. The van der Waals surface area contributed by atoms with E-state index >= 15 is 0 Å². The maximum absolute atomic E-state index is 11.5. The van der Waals surface area contributed by atoms with Crippen LogP contribution >= 0.6 is 0 Å². The van der Waals surface area contributed by atoms with Crippen molar-refractivity contribution in [2.45, 2.75) is 40.5 Å². The van der Waals surface area contributed by atoms with E-state index in [9.17, 15) is 4.79 Å². The molecule has 1 amide bonds. The summed E-state index contributed by atoms with van der Waals surface area (Å²) in [5, 5.41) is 0. The highest BCUT2D eigenvalue weighted by molar-refractivity contribution is 5.75. The van der Waals surface area contributed by atoms with Crippen LogP contribution < -0.4 is 0 Å². The van der Waals surface area contributed by atoms with E-state index in [4.69, 9.17) is 0 Å². The summed E-state index contributed by atoms with van der Waals surface area (Å²) in [4.78, 5) is 13.3. The Bertz CT molecular complexity index is 152. The van der Waals surface area contributed by atoms with Gasteiger partial charge in [0.1, 0.15) is 0 Å². The smallest absolute Gasteiger partial charge is 0.222 e. The maximum atomic E-state index is 11.5. The fourth-order valence-electron chi connectivity index (χ4n) is 1.25. The minimum atomic E-state index is 0.280. The van der Waals surface area contributed by atoms with Gasteiger partial charge in [0.25, 0.3) is 0 Å². The van der Waals surface area contributed by atoms with Crippen LogP contribution in [-0.2, 0) is 4.79 Å². The Balaban J connectivity index is 3.69. The van der Waals surface area contributed by atoms with E-state index < -0.39 is 0 Å². The maximum Gasteiger partial charge on any atom is 0.222 e. The lowest BCUT2D eigenvalue weighted by atomic mass is 10.1. The van der Waals surface area contributed by atoms with Crippen LogP contribution in [0.4, 0.5) is 0 Å². The lowest BCUT2D eigenvalue weighted by Gasteiger charge is -2.19. The molecule has 0 aliphatic carbocycles. The molecular weight excluding hydrogens is 162 g/mol. The highest BCUT2D eigenvalue weighted by Crippen LogP contribution is 2.06. The monoisotopic (exact) mass is 185 g/mol. The van der Waals surface area contributed by atoms with E-state index in [1.165, 1.54) is 0 Å². The Hall–Kier alpha value is -0.530. The van der Waals surface area contributed by atoms with Crippen molar-refractivity contribution < 1.29 is 4.79 Å². The van der Waals surface area contributed by atoms with Crippen LogP contribution in [0, 0.1) is 11.8 Å². The third-order valence-corrected chi connectivity index (χ3v) is 2.00. The first-order chi connectivity index (χ1) is 5.93. The second kappa shape index (κ2) is 6.01. The number of hydrogen-bond donors (Lipinski definition) is 0. The summed E-state index contributed by atoms with van der Waals surface area (Å²) in [5.41, 5.74) is 0. The average molecular weight is 185 g/mol. The van der Waals surface area contributed by atoms with Gasteiger partial charge in [-0.3, -0.25) is 4.79 Å². The second-order valence-corrected chi connectivity index (χ2v) is 4.60. The fourth-order valence-corrected chi connectivity index (χ4v) is 1.25. The summed E-state index contributed by atoms with van der Waals surface area (Å²) in [5.74, 6) is 1.46. The molecular formula is C11H23NO. The quantitative estimate of drug-likeness (QED) is 0.644. The Labute approximate surface area is 82.3 Å². The van der Waals surface area contributed by atoms with Gasteiger partial charge in [-0.05, 0) is 18.3 Å². The fraction of sp³-hybridized carbons (Fsp3) is 0.909.